The Morgan fingerprint density at radius 2 is 1.63 bits per heavy atom. The van der Waals surface area contributed by atoms with Gasteiger partial charge in [-0.3, -0.25) is 0 Å². The van der Waals surface area contributed by atoms with Crippen LogP contribution in [0, 0.1) is 0 Å². The molecule has 27 heavy (non-hydrogen) atoms. The molecule has 1 saturated carbocycles. The van der Waals surface area contributed by atoms with E-state index >= 15 is 0 Å². The summed E-state index contributed by atoms with van der Waals surface area (Å²) in [5.74, 6) is 1.97. The number of hydrogen-bond acceptors (Lipinski definition) is 7. The van der Waals surface area contributed by atoms with Crippen LogP contribution in [-0.2, 0) is 10.2 Å². The zero-order valence-electron chi connectivity index (χ0n) is 15.7. The Bertz CT molecular complexity index is 898. The van der Waals surface area contributed by atoms with E-state index in [1.807, 2.05) is 12.1 Å². The molecule has 0 bridgehead atoms. The van der Waals surface area contributed by atoms with Gasteiger partial charge in [0.05, 0.1) is 19.7 Å². The van der Waals surface area contributed by atoms with E-state index in [0.29, 0.717) is 11.5 Å². The number of benzene rings is 1. The molecule has 1 fully saturated rings. The normalized spacial score (nSPS) is 20.4. The molecule has 3 rings (SSSR count). The maximum atomic E-state index is 11.6. The minimum absolute atomic E-state index is 0.0491. The van der Waals surface area contributed by atoms with E-state index in [9.17, 15) is 8.42 Å². The summed E-state index contributed by atoms with van der Waals surface area (Å²) in [5, 5.41) is 4.32. The summed E-state index contributed by atoms with van der Waals surface area (Å²) >= 11 is 0. The fourth-order valence-electron chi connectivity index (χ4n) is 3.33. The summed E-state index contributed by atoms with van der Waals surface area (Å²) in [4.78, 5) is 8.69. The van der Waals surface area contributed by atoms with Crippen molar-refractivity contribution in [2.24, 2.45) is 0 Å². The summed E-state index contributed by atoms with van der Waals surface area (Å²) in [6.45, 7) is 0. The molecule has 10 heteroatoms. The van der Waals surface area contributed by atoms with Crippen LogP contribution in [0.15, 0.2) is 18.5 Å². The largest absolute Gasteiger partial charge is 0.493 e. The van der Waals surface area contributed by atoms with Crippen LogP contribution in [0.4, 0.5) is 5.82 Å². The van der Waals surface area contributed by atoms with Crippen LogP contribution < -0.4 is 24.2 Å². The zero-order chi connectivity index (χ0) is 19.4. The number of methoxy groups -OCH3 is 2. The lowest BCUT2D eigenvalue weighted by molar-refractivity contribution is 0.355. The Hall–Kier alpha value is -2.17. The van der Waals surface area contributed by atoms with Crippen LogP contribution in [0.2, 0.25) is 0 Å². The molecule has 1 aromatic heterocycles. The van der Waals surface area contributed by atoms with Crippen LogP contribution >= 0.6 is 0 Å². The van der Waals surface area contributed by atoms with E-state index in [1.165, 1.54) is 13.4 Å². The van der Waals surface area contributed by atoms with Gasteiger partial charge < -0.3 is 14.8 Å². The number of fused-ring (bicyclic) bond motifs is 1. The Morgan fingerprint density at radius 3 is 2.26 bits per heavy atom. The highest BCUT2D eigenvalue weighted by atomic mass is 32.2. The summed E-state index contributed by atoms with van der Waals surface area (Å²) in [7, 11) is 1.18. The molecule has 9 nitrogen and oxygen atoms in total. The second-order valence-electron chi connectivity index (χ2n) is 6.46. The maximum Gasteiger partial charge on any atom is 0.276 e. The molecule has 0 spiro atoms. The van der Waals surface area contributed by atoms with Crippen LogP contribution in [0.1, 0.15) is 25.7 Å². The van der Waals surface area contributed by atoms with Crippen LogP contribution in [0.5, 0.6) is 11.5 Å². The van der Waals surface area contributed by atoms with Crippen molar-refractivity contribution in [3.8, 4) is 11.5 Å². The van der Waals surface area contributed by atoms with Gasteiger partial charge in [0, 0.05) is 30.6 Å². The number of nitrogens with one attached hydrogen (secondary N) is 3. The first-order valence-corrected chi connectivity index (χ1v) is 10.3. The number of nitrogens with zero attached hydrogens (tertiary/aromatic N) is 2. The molecule has 1 heterocycles. The lowest BCUT2D eigenvalue weighted by Crippen LogP contribution is -2.44. The fourth-order valence-corrected chi connectivity index (χ4v) is 4.12. The highest BCUT2D eigenvalue weighted by Crippen LogP contribution is 2.34. The summed E-state index contributed by atoms with van der Waals surface area (Å²) in [6.07, 6.45) is 4.73. The molecular weight excluding hydrogens is 370 g/mol. The predicted molar refractivity (Wildman–Crippen MR) is 103 cm³/mol. The average Bonchev–Trinajstić information content (AvgIpc) is 2.68. The number of anilines is 1. The van der Waals surface area contributed by atoms with Crippen molar-refractivity contribution in [1.82, 2.24) is 19.4 Å². The molecule has 0 aliphatic heterocycles. The molecule has 0 radical (unpaired) electrons. The molecule has 1 aliphatic carbocycles. The molecule has 3 N–H and O–H groups in total. The van der Waals surface area contributed by atoms with Gasteiger partial charge in [0.25, 0.3) is 10.2 Å². The lowest BCUT2D eigenvalue weighted by atomic mass is 9.92. The van der Waals surface area contributed by atoms with Crippen molar-refractivity contribution in [3.63, 3.8) is 0 Å². The van der Waals surface area contributed by atoms with Crippen LogP contribution in [0.3, 0.4) is 0 Å². The monoisotopic (exact) mass is 395 g/mol. The maximum absolute atomic E-state index is 11.6. The summed E-state index contributed by atoms with van der Waals surface area (Å²) in [6, 6.07) is 3.85. The van der Waals surface area contributed by atoms with E-state index in [-0.39, 0.29) is 12.1 Å². The van der Waals surface area contributed by atoms with Gasteiger partial charge in [0.1, 0.15) is 12.1 Å². The summed E-state index contributed by atoms with van der Waals surface area (Å²) < 4.78 is 38.9. The van der Waals surface area contributed by atoms with E-state index in [4.69, 9.17) is 9.47 Å². The number of aromatic nitrogens is 2. The third-order valence-corrected chi connectivity index (χ3v) is 5.98. The van der Waals surface area contributed by atoms with E-state index in [1.54, 1.807) is 14.2 Å². The Balaban J connectivity index is 1.72. The fraction of sp³-hybridized carbons (Fsp3) is 0.529. The Morgan fingerprint density at radius 1 is 1.00 bits per heavy atom. The third-order valence-electron chi connectivity index (χ3n) is 4.80. The van der Waals surface area contributed by atoms with Crippen LogP contribution in [0.25, 0.3) is 10.9 Å². The minimum atomic E-state index is -3.41. The second-order valence-corrected chi connectivity index (χ2v) is 8.12. The second kappa shape index (κ2) is 8.24. The average molecular weight is 395 g/mol. The van der Waals surface area contributed by atoms with Gasteiger partial charge in [-0.1, -0.05) is 0 Å². The van der Waals surface area contributed by atoms with Crippen molar-refractivity contribution < 1.29 is 17.9 Å². The molecule has 1 aromatic carbocycles. The molecule has 0 saturated heterocycles. The molecular formula is C17H25N5O4S. The predicted octanol–water partition coefficient (Wildman–Crippen LogP) is 1.42. The highest BCUT2D eigenvalue weighted by molar-refractivity contribution is 7.87. The quantitative estimate of drug-likeness (QED) is 0.649. The lowest BCUT2D eigenvalue weighted by Gasteiger charge is -2.29. The molecule has 0 unspecified atom stereocenters. The Labute approximate surface area is 159 Å². The van der Waals surface area contributed by atoms with Gasteiger partial charge in [-0.25, -0.2) is 14.7 Å². The molecule has 2 aromatic rings. The SMILES string of the molecule is CNS(=O)(=O)NC1CCC(Nc2ncnc3cc(OC)c(OC)cc23)CC1. The standard InChI is InChI=1S/C17H25N5O4S/c1-18-27(23,24)22-12-6-4-11(5-7-12)21-17-13-8-15(25-2)16(26-3)9-14(13)19-10-20-17/h8-12,18,22H,4-7H2,1-3H3,(H,19,20,21). The van der Waals surface area contributed by atoms with Gasteiger partial charge in [-0.05, 0) is 31.7 Å². The molecule has 148 valence electrons. The topological polar surface area (TPSA) is 114 Å². The summed E-state index contributed by atoms with van der Waals surface area (Å²) in [5.41, 5.74) is 0.764. The first-order chi connectivity index (χ1) is 13.0. The van der Waals surface area contributed by atoms with Gasteiger partial charge in [-0.15, -0.1) is 0 Å². The van der Waals surface area contributed by atoms with Crippen LogP contribution in [-0.4, -0.2) is 51.7 Å². The van der Waals surface area contributed by atoms with Crippen molar-refractivity contribution in [2.75, 3.05) is 26.6 Å². The van der Waals surface area contributed by atoms with E-state index in [2.05, 4.69) is 24.7 Å². The number of ether oxygens (including phenoxy) is 2. The molecule has 0 atom stereocenters. The van der Waals surface area contributed by atoms with Gasteiger partial charge in [0.2, 0.25) is 0 Å². The van der Waals surface area contributed by atoms with E-state index in [0.717, 1.165) is 42.4 Å². The molecule has 0 amide bonds. The van der Waals surface area contributed by atoms with Crippen molar-refractivity contribution in [3.05, 3.63) is 18.5 Å². The smallest absolute Gasteiger partial charge is 0.276 e. The molecule has 1 aliphatic rings. The van der Waals surface area contributed by atoms with Gasteiger partial charge in [0.15, 0.2) is 11.5 Å². The highest BCUT2D eigenvalue weighted by Gasteiger charge is 2.25. The van der Waals surface area contributed by atoms with Gasteiger partial charge >= 0.3 is 0 Å². The van der Waals surface area contributed by atoms with Gasteiger partial charge in [-0.2, -0.15) is 13.1 Å². The first-order valence-electron chi connectivity index (χ1n) is 8.79. The minimum Gasteiger partial charge on any atom is -0.493 e. The first kappa shape index (κ1) is 19.6. The Kier molecular flexibility index (Phi) is 5.98. The zero-order valence-corrected chi connectivity index (χ0v) is 16.5. The number of rotatable bonds is 7. The van der Waals surface area contributed by atoms with Crippen molar-refractivity contribution >= 4 is 26.9 Å². The van der Waals surface area contributed by atoms with Crippen molar-refractivity contribution in [2.45, 2.75) is 37.8 Å². The number of hydrogen-bond donors (Lipinski definition) is 3. The van der Waals surface area contributed by atoms with Crippen molar-refractivity contribution in [1.29, 1.82) is 0 Å². The third kappa shape index (κ3) is 4.57. The van der Waals surface area contributed by atoms with E-state index < -0.39 is 10.2 Å².